The molecule has 1 unspecified atom stereocenters. The van der Waals surface area contributed by atoms with Crippen molar-refractivity contribution in [2.24, 2.45) is 0 Å². The quantitative estimate of drug-likeness (QED) is 0.0225. The minimum atomic E-state index is -4.38. The van der Waals surface area contributed by atoms with E-state index in [0.717, 1.165) is 89.9 Å². The predicted molar refractivity (Wildman–Crippen MR) is 210 cm³/mol. The van der Waals surface area contributed by atoms with Gasteiger partial charge in [0.15, 0.2) is 6.10 Å². The number of carbonyl (C=O) groups is 2. The molecule has 10 heteroatoms. The summed E-state index contributed by atoms with van der Waals surface area (Å²) in [5, 5.41) is 0. The van der Waals surface area contributed by atoms with Gasteiger partial charge in [-0.15, -0.1) is 0 Å². The van der Waals surface area contributed by atoms with Crippen molar-refractivity contribution in [1.29, 1.82) is 0 Å². The molecule has 0 fully saturated rings. The zero-order valence-corrected chi connectivity index (χ0v) is 34.0. The van der Waals surface area contributed by atoms with Gasteiger partial charge in [0.05, 0.1) is 27.7 Å². The SMILES string of the molecule is CC/C=C\C/C=C\C/C=C\CCCCCCCC(=O)O[C@H](COC(=O)CCCCCCC/C=C\CCCCC)COP(=O)(O)OCC[N+](C)(C)C. The molecule has 0 spiro atoms. The number of unbranched alkanes of at least 4 members (excludes halogenated alkanes) is 13. The van der Waals surface area contributed by atoms with Gasteiger partial charge in [0.25, 0.3) is 0 Å². The number of hydrogen-bond donors (Lipinski definition) is 1. The third-order valence-electron chi connectivity index (χ3n) is 8.09. The summed E-state index contributed by atoms with van der Waals surface area (Å²) in [6.07, 6.45) is 37.3. The summed E-state index contributed by atoms with van der Waals surface area (Å²) >= 11 is 0. The van der Waals surface area contributed by atoms with E-state index in [4.69, 9.17) is 18.5 Å². The molecule has 0 amide bonds. The lowest BCUT2D eigenvalue weighted by Crippen LogP contribution is -2.37. The van der Waals surface area contributed by atoms with Gasteiger partial charge in [0.1, 0.15) is 19.8 Å². The van der Waals surface area contributed by atoms with Crippen LogP contribution in [0.5, 0.6) is 0 Å². The van der Waals surface area contributed by atoms with Crippen LogP contribution in [-0.4, -0.2) is 74.9 Å². The molecule has 0 bridgehead atoms. The number of rotatable bonds is 35. The van der Waals surface area contributed by atoms with Crippen molar-refractivity contribution in [2.75, 3.05) is 47.5 Å². The van der Waals surface area contributed by atoms with Crippen LogP contribution < -0.4 is 0 Å². The minimum absolute atomic E-state index is 0.0251. The van der Waals surface area contributed by atoms with Gasteiger partial charge in [0, 0.05) is 12.8 Å². The second kappa shape index (κ2) is 33.8. The highest BCUT2D eigenvalue weighted by Crippen LogP contribution is 2.43. The zero-order chi connectivity index (χ0) is 37.9. The Kier molecular flexibility index (Phi) is 32.4. The Labute approximate surface area is 312 Å². The Morgan fingerprint density at radius 3 is 1.69 bits per heavy atom. The number of allylic oxidation sites excluding steroid dienone is 8. The fraction of sp³-hybridized carbons (Fsp3) is 0.756. The maximum absolute atomic E-state index is 12.6. The molecular weight excluding hydrogens is 665 g/mol. The van der Waals surface area contributed by atoms with Crippen molar-refractivity contribution in [3.63, 3.8) is 0 Å². The van der Waals surface area contributed by atoms with Gasteiger partial charge < -0.3 is 18.9 Å². The first-order valence-electron chi connectivity index (χ1n) is 19.9. The second-order valence-corrected chi connectivity index (χ2v) is 15.7. The zero-order valence-electron chi connectivity index (χ0n) is 33.1. The van der Waals surface area contributed by atoms with Crippen molar-refractivity contribution in [2.45, 2.75) is 155 Å². The first-order valence-corrected chi connectivity index (χ1v) is 21.4. The number of hydrogen-bond acceptors (Lipinski definition) is 7. The van der Waals surface area contributed by atoms with Crippen molar-refractivity contribution >= 4 is 19.8 Å². The van der Waals surface area contributed by atoms with Gasteiger partial charge in [-0.25, -0.2) is 4.57 Å². The van der Waals surface area contributed by atoms with E-state index in [1.807, 2.05) is 21.1 Å². The number of carbonyl (C=O) groups excluding carboxylic acids is 2. The summed E-state index contributed by atoms with van der Waals surface area (Å²) in [7, 11) is 1.45. The highest BCUT2D eigenvalue weighted by atomic mass is 31.2. The molecule has 9 nitrogen and oxygen atoms in total. The summed E-state index contributed by atoms with van der Waals surface area (Å²) in [6, 6.07) is 0. The maximum atomic E-state index is 12.6. The first-order chi connectivity index (χ1) is 24.5. The van der Waals surface area contributed by atoms with Crippen LogP contribution in [0.4, 0.5) is 0 Å². The lowest BCUT2D eigenvalue weighted by molar-refractivity contribution is -0.870. The molecule has 0 saturated heterocycles. The topological polar surface area (TPSA) is 108 Å². The van der Waals surface area contributed by atoms with Crippen molar-refractivity contribution < 1.29 is 42.1 Å². The Morgan fingerprint density at radius 1 is 0.627 bits per heavy atom. The van der Waals surface area contributed by atoms with E-state index >= 15 is 0 Å². The molecule has 0 rings (SSSR count). The van der Waals surface area contributed by atoms with Crippen LogP contribution in [0.25, 0.3) is 0 Å². The monoisotopic (exact) mass is 741 g/mol. The molecule has 0 aliphatic rings. The third-order valence-corrected chi connectivity index (χ3v) is 9.08. The number of phosphoric acid groups is 1. The number of likely N-dealkylation sites (N-methyl/N-ethyl adjacent to an activating group) is 1. The molecule has 0 aromatic rings. The Bertz CT molecular complexity index is 1020. The van der Waals surface area contributed by atoms with E-state index in [-0.39, 0.29) is 32.0 Å². The van der Waals surface area contributed by atoms with Gasteiger partial charge in [-0.1, -0.05) is 114 Å². The molecule has 0 aromatic heterocycles. The van der Waals surface area contributed by atoms with Crippen LogP contribution in [0.2, 0.25) is 0 Å². The molecule has 0 aliphatic carbocycles. The maximum Gasteiger partial charge on any atom is 0.472 e. The number of quaternary nitrogens is 1. The largest absolute Gasteiger partial charge is 0.472 e. The molecule has 0 aliphatic heterocycles. The van der Waals surface area contributed by atoms with E-state index in [1.54, 1.807) is 0 Å². The molecule has 0 radical (unpaired) electrons. The average molecular weight is 741 g/mol. The van der Waals surface area contributed by atoms with E-state index in [0.29, 0.717) is 17.4 Å². The fourth-order valence-electron chi connectivity index (χ4n) is 4.96. The summed E-state index contributed by atoms with van der Waals surface area (Å²) in [4.78, 5) is 35.2. The van der Waals surface area contributed by atoms with Crippen LogP contribution in [0.3, 0.4) is 0 Å². The Balaban J connectivity index is 4.47. The van der Waals surface area contributed by atoms with Gasteiger partial charge in [-0.3, -0.25) is 18.6 Å². The summed E-state index contributed by atoms with van der Waals surface area (Å²) in [5.41, 5.74) is 0. The van der Waals surface area contributed by atoms with E-state index in [9.17, 15) is 19.0 Å². The molecule has 2 atom stereocenters. The first kappa shape index (κ1) is 49.0. The lowest BCUT2D eigenvalue weighted by atomic mass is 10.1. The summed E-state index contributed by atoms with van der Waals surface area (Å²) in [6.45, 7) is 4.23. The molecular formula is C41H75NO8P+. The van der Waals surface area contributed by atoms with Crippen LogP contribution in [0.15, 0.2) is 48.6 Å². The van der Waals surface area contributed by atoms with Crippen molar-refractivity contribution in [3.05, 3.63) is 48.6 Å². The van der Waals surface area contributed by atoms with Crippen LogP contribution >= 0.6 is 7.82 Å². The molecule has 0 aromatic carbocycles. The predicted octanol–water partition coefficient (Wildman–Crippen LogP) is 10.7. The minimum Gasteiger partial charge on any atom is -0.462 e. The van der Waals surface area contributed by atoms with Crippen LogP contribution in [0, 0.1) is 0 Å². The number of phosphoric ester groups is 1. The van der Waals surface area contributed by atoms with Crippen LogP contribution in [-0.2, 0) is 32.7 Å². The standard InChI is InChI=1S/C41H74NO8P/c1-6-8-10-12-14-16-18-20-21-22-24-26-28-30-32-34-41(44)50-39(38-49-51(45,46)48-36-35-42(3,4)5)37-47-40(43)33-31-29-27-25-23-19-17-15-13-11-9-7-2/h8,10,14-17,20-21,39H,6-7,9,11-13,18-19,22-38H2,1-5H3/p+1/b10-8-,16-14-,17-15-,21-20-/t39-/m1/s1. The number of esters is 2. The normalized spacial score (nSPS) is 14.2. The smallest absolute Gasteiger partial charge is 0.462 e. The van der Waals surface area contributed by atoms with E-state index in [2.05, 4.69) is 62.5 Å². The highest BCUT2D eigenvalue weighted by molar-refractivity contribution is 7.47. The van der Waals surface area contributed by atoms with Crippen LogP contribution in [0.1, 0.15) is 149 Å². The van der Waals surface area contributed by atoms with Crippen molar-refractivity contribution in [3.8, 4) is 0 Å². The molecule has 0 heterocycles. The number of nitrogens with zero attached hydrogens (tertiary/aromatic N) is 1. The summed E-state index contributed by atoms with van der Waals surface area (Å²) in [5.74, 6) is -0.834. The molecule has 0 saturated carbocycles. The third kappa shape index (κ3) is 37.5. The van der Waals surface area contributed by atoms with E-state index < -0.39 is 26.5 Å². The van der Waals surface area contributed by atoms with E-state index in [1.165, 1.54) is 25.7 Å². The second-order valence-electron chi connectivity index (χ2n) is 14.3. The fourth-order valence-corrected chi connectivity index (χ4v) is 5.70. The highest BCUT2D eigenvalue weighted by Gasteiger charge is 2.27. The van der Waals surface area contributed by atoms with Crippen molar-refractivity contribution in [1.82, 2.24) is 0 Å². The Morgan fingerprint density at radius 2 is 1.12 bits per heavy atom. The lowest BCUT2D eigenvalue weighted by Gasteiger charge is -2.24. The summed E-state index contributed by atoms with van der Waals surface area (Å²) < 4.78 is 34.2. The Hall–Kier alpha value is -2.03. The number of ether oxygens (including phenoxy) is 2. The molecule has 1 N–H and O–H groups in total. The average Bonchev–Trinajstić information content (AvgIpc) is 3.07. The van der Waals surface area contributed by atoms with Gasteiger partial charge >= 0.3 is 19.8 Å². The molecule has 51 heavy (non-hydrogen) atoms. The molecule has 296 valence electrons. The van der Waals surface area contributed by atoms with Gasteiger partial charge in [-0.2, -0.15) is 0 Å². The van der Waals surface area contributed by atoms with Gasteiger partial charge in [0.2, 0.25) is 0 Å². The van der Waals surface area contributed by atoms with Gasteiger partial charge in [-0.05, 0) is 70.6 Å².